The average molecular weight is 315 g/mol. The number of carbonyl (C=O) groups is 1. The molecule has 0 unspecified atom stereocenters. The zero-order valence-corrected chi connectivity index (χ0v) is 11.6. The Morgan fingerprint density at radius 3 is 2.88 bits per heavy atom. The van der Waals surface area contributed by atoms with E-state index in [1.54, 1.807) is 18.2 Å². The lowest BCUT2D eigenvalue weighted by molar-refractivity contribution is 0.0953. The first-order valence-electron chi connectivity index (χ1n) is 5.32. The largest absolute Gasteiger partial charge is 0.352 e. The van der Waals surface area contributed by atoms with E-state index in [0.29, 0.717) is 17.1 Å². The molecular formula is C13H13BrClNO. The summed E-state index contributed by atoms with van der Waals surface area (Å²) in [5.74, 6) is 2.41. The van der Waals surface area contributed by atoms with Crippen LogP contribution in [0.5, 0.6) is 0 Å². The molecule has 0 bridgehead atoms. The second-order valence-corrected chi connectivity index (χ2v) is 4.86. The van der Waals surface area contributed by atoms with Crippen molar-refractivity contribution in [1.29, 1.82) is 0 Å². The van der Waals surface area contributed by atoms with Gasteiger partial charge in [-0.3, -0.25) is 4.79 Å². The molecule has 0 fully saturated rings. The Hall–Kier alpha value is -0.980. The molecule has 0 atom stereocenters. The first-order valence-corrected chi connectivity index (χ1v) is 6.49. The van der Waals surface area contributed by atoms with Crippen LogP contribution in [0.3, 0.4) is 0 Å². The van der Waals surface area contributed by atoms with E-state index in [1.807, 2.05) is 0 Å². The van der Waals surface area contributed by atoms with Gasteiger partial charge < -0.3 is 5.32 Å². The number of amides is 1. The summed E-state index contributed by atoms with van der Waals surface area (Å²) in [5, 5.41) is 3.26. The SMILES string of the molecule is C#CCCCCNC(=O)c1ccc(Br)cc1Cl. The number of halogens is 2. The van der Waals surface area contributed by atoms with Gasteiger partial charge in [-0.05, 0) is 31.0 Å². The summed E-state index contributed by atoms with van der Waals surface area (Å²) in [6.45, 7) is 0.618. The summed E-state index contributed by atoms with van der Waals surface area (Å²) < 4.78 is 0.855. The maximum atomic E-state index is 11.8. The van der Waals surface area contributed by atoms with Crippen molar-refractivity contribution in [2.24, 2.45) is 0 Å². The van der Waals surface area contributed by atoms with Crippen molar-refractivity contribution in [2.45, 2.75) is 19.3 Å². The standard InChI is InChI=1S/C13H13BrClNO/c1-2-3-4-5-8-16-13(17)11-7-6-10(14)9-12(11)15/h1,6-7,9H,3-5,8H2,(H,16,17). The summed E-state index contributed by atoms with van der Waals surface area (Å²) in [4.78, 5) is 11.8. The van der Waals surface area contributed by atoms with Crippen LogP contribution in [-0.4, -0.2) is 12.5 Å². The fourth-order valence-corrected chi connectivity index (χ4v) is 2.08. The van der Waals surface area contributed by atoms with Crippen LogP contribution in [0.2, 0.25) is 5.02 Å². The molecule has 1 amide bonds. The number of nitrogens with one attached hydrogen (secondary N) is 1. The van der Waals surface area contributed by atoms with Gasteiger partial charge in [-0.2, -0.15) is 0 Å². The van der Waals surface area contributed by atoms with Crippen molar-refractivity contribution in [2.75, 3.05) is 6.54 Å². The summed E-state index contributed by atoms with van der Waals surface area (Å²) in [6, 6.07) is 5.19. The van der Waals surface area contributed by atoms with Gasteiger partial charge in [0.15, 0.2) is 0 Å². The molecule has 1 N–H and O–H groups in total. The molecule has 0 aliphatic heterocycles. The molecule has 0 heterocycles. The van der Waals surface area contributed by atoms with Crippen molar-refractivity contribution >= 4 is 33.4 Å². The third-order valence-corrected chi connectivity index (χ3v) is 3.02. The number of terminal acetylenes is 1. The Morgan fingerprint density at radius 1 is 1.47 bits per heavy atom. The smallest absolute Gasteiger partial charge is 0.252 e. The Morgan fingerprint density at radius 2 is 2.24 bits per heavy atom. The van der Waals surface area contributed by atoms with Gasteiger partial charge >= 0.3 is 0 Å². The number of hydrogen-bond donors (Lipinski definition) is 1. The molecule has 17 heavy (non-hydrogen) atoms. The molecule has 1 aromatic carbocycles. The minimum absolute atomic E-state index is 0.150. The van der Waals surface area contributed by atoms with E-state index < -0.39 is 0 Å². The van der Waals surface area contributed by atoms with Gasteiger partial charge in [0.2, 0.25) is 0 Å². The molecular weight excluding hydrogens is 302 g/mol. The van der Waals surface area contributed by atoms with Gasteiger partial charge in [0.25, 0.3) is 5.91 Å². The van der Waals surface area contributed by atoms with E-state index in [4.69, 9.17) is 18.0 Å². The predicted octanol–water partition coefficient (Wildman–Crippen LogP) is 3.64. The van der Waals surface area contributed by atoms with E-state index in [2.05, 4.69) is 27.2 Å². The van der Waals surface area contributed by atoms with Crippen LogP contribution in [0, 0.1) is 12.3 Å². The topological polar surface area (TPSA) is 29.1 Å². The molecule has 0 spiro atoms. The zero-order valence-electron chi connectivity index (χ0n) is 9.30. The van der Waals surface area contributed by atoms with Crippen molar-refractivity contribution in [3.63, 3.8) is 0 Å². The molecule has 0 saturated heterocycles. The molecule has 1 aromatic rings. The fourth-order valence-electron chi connectivity index (χ4n) is 1.32. The Balaban J connectivity index is 2.45. The van der Waals surface area contributed by atoms with Crippen LogP contribution in [0.25, 0.3) is 0 Å². The van der Waals surface area contributed by atoms with E-state index in [1.165, 1.54) is 0 Å². The number of unbranched alkanes of at least 4 members (excludes halogenated alkanes) is 2. The summed E-state index contributed by atoms with van der Waals surface area (Å²) in [5.41, 5.74) is 0.492. The molecule has 90 valence electrons. The normalized spacial score (nSPS) is 9.71. The van der Waals surface area contributed by atoms with E-state index in [0.717, 1.165) is 23.7 Å². The number of rotatable bonds is 5. The zero-order chi connectivity index (χ0) is 12.7. The molecule has 0 radical (unpaired) electrons. The third-order valence-electron chi connectivity index (χ3n) is 2.21. The van der Waals surface area contributed by atoms with Crippen molar-refractivity contribution in [1.82, 2.24) is 5.32 Å². The Kier molecular flexibility index (Phi) is 6.10. The van der Waals surface area contributed by atoms with Crippen LogP contribution in [0.1, 0.15) is 29.6 Å². The van der Waals surface area contributed by atoms with E-state index in [9.17, 15) is 4.79 Å². The van der Waals surface area contributed by atoms with E-state index in [-0.39, 0.29) is 5.91 Å². The summed E-state index contributed by atoms with van der Waals surface area (Å²) in [7, 11) is 0. The highest BCUT2D eigenvalue weighted by Gasteiger charge is 2.09. The molecule has 0 aliphatic rings. The minimum Gasteiger partial charge on any atom is -0.352 e. The maximum absolute atomic E-state index is 11.8. The highest BCUT2D eigenvalue weighted by atomic mass is 79.9. The molecule has 0 aliphatic carbocycles. The van der Waals surface area contributed by atoms with Crippen molar-refractivity contribution in [3.05, 3.63) is 33.3 Å². The molecule has 0 saturated carbocycles. The van der Waals surface area contributed by atoms with Crippen molar-refractivity contribution < 1.29 is 4.79 Å². The van der Waals surface area contributed by atoms with Gasteiger partial charge in [0, 0.05) is 17.4 Å². The first-order chi connectivity index (χ1) is 8.15. The maximum Gasteiger partial charge on any atom is 0.252 e. The predicted molar refractivity (Wildman–Crippen MR) is 74.2 cm³/mol. The minimum atomic E-state index is -0.150. The summed E-state index contributed by atoms with van der Waals surface area (Å²) >= 11 is 9.26. The van der Waals surface area contributed by atoms with Crippen LogP contribution in [0.4, 0.5) is 0 Å². The highest BCUT2D eigenvalue weighted by Crippen LogP contribution is 2.21. The monoisotopic (exact) mass is 313 g/mol. The number of carbonyl (C=O) groups excluding carboxylic acids is 1. The summed E-state index contributed by atoms with van der Waals surface area (Å²) in [6.07, 6.45) is 7.68. The number of hydrogen-bond acceptors (Lipinski definition) is 1. The van der Waals surface area contributed by atoms with Crippen LogP contribution >= 0.6 is 27.5 Å². The van der Waals surface area contributed by atoms with Gasteiger partial charge in [-0.25, -0.2) is 0 Å². The van der Waals surface area contributed by atoms with Gasteiger partial charge in [-0.1, -0.05) is 27.5 Å². The van der Waals surface area contributed by atoms with Crippen LogP contribution in [-0.2, 0) is 0 Å². The average Bonchev–Trinajstić information content (AvgIpc) is 2.28. The third kappa shape index (κ3) is 4.80. The van der Waals surface area contributed by atoms with Crippen molar-refractivity contribution in [3.8, 4) is 12.3 Å². The Bertz CT molecular complexity index is 440. The lowest BCUT2D eigenvalue weighted by atomic mass is 10.2. The molecule has 2 nitrogen and oxygen atoms in total. The molecule has 4 heteroatoms. The van der Waals surface area contributed by atoms with Gasteiger partial charge in [-0.15, -0.1) is 12.3 Å². The quantitative estimate of drug-likeness (QED) is 0.652. The van der Waals surface area contributed by atoms with Crippen LogP contribution in [0.15, 0.2) is 22.7 Å². The second-order valence-electron chi connectivity index (χ2n) is 3.54. The van der Waals surface area contributed by atoms with Gasteiger partial charge in [0.1, 0.15) is 0 Å². The lowest BCUT2D eigenvalue weighted by Crippen LogP contribution is -2.24. The fraction of sp³-hybridized carbons (Fsp3) is 0.308. The number of benzene rings is 1. The lowest BCUT2D eigenvalue weighted by Gasteiger charge is -2.06. The second kappa shape index (κ2) is 7.37. The van der Waals surface area contributed by atoms with Crippen LogP contribution < -0.4 is 5.32 Å². The molecule has 1 rings (SSSR count). The Labute approximate surface area is 115 Å². The molecule has 0 aromatic heterocycles. The first kappa shape index (κ1) is 14.1. The van der Waals surface area contributed by atoms with E-state index >= 15 is 0 Å². The van der Waals surface area contributed by atoms with Gasteiger partial charge in [0.05, 0.1) is 10.6 Å². The highest BCUT2D eigenvalue weighted by molar-refractivity contribution is 9.10.